The highest BCUT2D eigenvalue weighted by Crippen LogP contribution is 2.45. The highest BCUT2D eigenvalue weighted by molar-refractivity contribution is 6.12. The van der Waals surface area contributed by atoms with Crippen molar-refractivity contribution in [2.24, 2.45) is 0 Å². The van der Waals surface area contributed by atoms with Gasteiger partial charge >= 0.3 is 0 Å². The van der Waals surface area contributed by atoms with E-state index in [2.05, 4.69) is 20.6 Å². The second kappa shape index (κ2) is 11.2. The van der Waals surface area contributed by atoms with Crippen molar-refractivity contribution in [1.29, 1.82) is 0 Å². The zero-order chi connectivity index (χ0) is 30.1. The Bertz CT molecular complexity index is 1830. The third-order valence-electron chi connectivity index (χ3n) is 7.50. The molecule has 10 heteroatoms. The first kappa shape index (κ1) is 27.9. The number of ether oxygens (including phenoxy) is 2. The minimum atomic E-state index is -0.620. The van der Waals surface area contributed by atoms with Crippen LogP contribution in [-0.2, 0) is 5.54 Å². The zero-order valence-electron chi connectivity index (χ0n) is 23.9. The number of furan rings is 1. The van der Waals surface area contributed by atoms with Crippen molar-refractivity contribution in [3.63, 3.8) is 0 Å². The maximum Gasteiger partial charge on any atom is 0.255 e. The van der Waals surface area contributed by atoms with Crippen LogP contribution in [0.1, 0.15) is 46.3 Å². The number of halogens is 1. The van der Waals surface area contributed by atoms with E-state index in [1.807, 2.05) is 19.1 Å². The Labute approximate surface area is 247 Å². The summed E-state index contributed by atoms with van der Waals surface area (Å²) in [4.78, 5) is 35.5. The number of hydrogen-bond donors (Lipinski definition) is 2. The summed E-state index contributed by atoms with van der Waals surface area (Å²) < 4.78 is 31.4. The molecule has 2 aromatic heterocycles. The molecule has 0 atom stereocenters. The van der Waals surface area contributed by atoms with Crippen molar-refractivity contribution in [3.8, 4) is 33.9 Å². The molecule has 1 aliphatic carbocycles. The lowest BCUT2D eigenvalue weighted by Gasteiger charge is -2.18. The van der Waals surface area contributed by atoms with E-state index in [0.29, 0.717) is 68.5 Å². The molecule has 6 rings (SSSR count). The molecular weight excluding hydrogens is 551 g/mol. The van der Waals surface area contributed by atoms with Gasteiger partial charge in [0.05, 0.1) is 24.8 Å². The minimum Gasteiger partial charge on any atom is -0.496 e. The molecule has 1 aliphatic rings. The van der Waals surface area contributed by atoms with E-state index < -0.39 is 11.4 Å². The van der Waals surface area contributed by atoms with Crippen LogP contribution in [0.5, 0.6) is 11.5 Å². The number of rotatable bonds is 9. The highest BCUT2D eigenvalue weighted by atomic mass is 19.1. The molecule has 43 heavy (non-hydrogen) atoms. The van der Waals surface area contributed by atoms with Gasteiger partial charge in [0.1, 0.15) is 34.2 Å². The number of nitrogens with zero attached hydrogens (tertiary/aromatic N) is 2. The molecule has 2 heterocycles. The van der Waals surface area contributed by atoms with Gasteiger partial charge in [0.25, 0.3) is 11.8 Å². The highest BCUT2D eigenvalue weighted by Gasteiger charge is 2.48. The number of carbonyl (C=O) groups excluding carboxylic acids is 2. The Balaban J connectivity index is 1.47. The van der Waals surface area contributed by atoms with Crippen LogP contribution >= 0.6 is 0 Å². The van der Waals surface area contributed by atoms with E-state index in [-0.39, 0.29) is 11.8 Å². The normalized spacial score (nSPS) is 13.4. The van der Waals surface area contributed by atoms with Crippen LogP contribution in [0.15, 0.2) is 77.5 Å². The zero-order valence-corrected chi connectivity index (χ0v) is 23.9. The molecule has 0 saturated heterocycles. The van der Waals surface area contributed by atoms with Gasteiger partial charge < -0.3 is 24.5 Å². The summed E-state index contributed by atoms with van der Waals surface area (Å²) in [7, 11) is 3.04. The molecule has 0 spiro atoms. The molecule has 3 aromatic carbocycles. The summed E-state index contributed by atoms with van der Waals surface area (Å²) in [5.74, 6) is 0.702. The van der Waals surface area contributed by atoms with Crippen LogP contribution in [-0.4, -0.2) is 42.5 Å². The van der Waals surface area contributed by atoms with Crippen LogP contribution < -0.4 is 20.1 Å². The number of nitrogens with one attached hydrogen (secondary N) is 2. The third kappa shape index (κ3) is 5.16. The van der Waals surface area contributed by atoms with E-state index in [9.17, 15) is 14.0 Å². The minimum absolute atomic E-state index is 0.304. The van der Waals surface area contributed by atoms with Gasteiger partial charge in [-0.15, -0.1) is 0 Å². The van der Waals surface area contributed by atoms with E-state index in [1.165, 1.54) is 26.3 Å². The molecule has 0 aliphatic heterocycles. The number of methoxy groups -OCH3 is 1. The first-order valence-electron chi connectivity index (χ1n) is 13.9. The van der Waals surface area contributed by atoms with Gasteiger partial charge in [-0.3, -0.25) is 9.59 Å². The summed E-state index contributed by atoms with van der Waals surface area (Å²) in [6.45, 7) is 2.24. The van der Waals surface area contributed by atoms with E-state index in [0.717, 1.165) is 12.8 Å². The first-order valence-corrected chi connectivity index (χ1v) is 13.9. The van der Waals surface area contributed by atoms with Crippen molar-refractivity contribution in [2.45, 2.75) is 25.3 Å². The largest absolute Gasteiger partial charge is 0.496 e. The number of hydrogen-bond acceptors (Lipinski definition) is 7. The summed E-state index contributed by atoms with van der Waals surface area (Å²) in [5.41, 5.74) is 2.31. The van der Waals surface area contributed by atoms with Gasteiger partial charge in [-0.1, -0.05) is 6.07 Å². The van der Waals surface area contributed by atoms with Crippen molar-refractivity contribution >= 4 is 22.8 Å². The fourth-order valence-electron chi connectivity index (χ4n) is 5.19. The SMILES string of the molecule is CCOc1cc2oc(-c3ccc(F)cc3)c(C(=O)NC)c2cc1-c1ccc(OC)c(C(=O)NC2(c3ncccn3)CC2)c1. The maximum atomic E-state index is 13.7. The lowest BCUT2D eigenvalue weighted by molar-refractivity contribution is 0.0923. The van der Waals surface area contributed by atoms with Gasteiger partial charge in [-0.25, -0.2) is 14.4 Å². The Morgan fingerprint density at radius 2 is 1.70 bits per heavy atom. The summed E-state index contributed by atoms with van der Waals surface area (Å²) in [6.07, 6.45) is 4.78. The van der Waals surface area contributed by atoms with Crippen molar-refractivity contribution in [3.05, 3.63) is 95.8 Å². The average molecular weight is 581 g/mol. The van der Waals surface area contributed by atoms with Crippen molar-refractivity contribution in [1.82, 2.24) is 20.6 Å². The fourth-order valence-corrected chi connectivity index (χ4v) is 5.19. The Morgan fingerprint density at radius 3 is 2.35 bits per heavy atom. The fraction of sp³-hybridized carbons (Fsp3) is 0.212. The molecule has 0 unspecified atom stereocenters. The number of aromatic nitrogens is 2. The molecule has 2 amide bonds. The van der Waals surface area contributed by atoms with Gasteiger partial charge in [0, 0.05) is 42.0 Å². The van der Waals surface area contributed by atoms with Crippen LogP contribution in [0.25, 0.3) is 33.4 Å². The van der Waals surface area contributed by atoms with Crippen LogP contribution in [0, 0.1) is 5.82 Å². The second-order valence-electron chi connectivity index (χ2n) is 10.2. The standard InChI is InChI=1S/C33H29FN4O5/c1-4-42-26-18-27-23(28(31(40)35-2)29(43-27)19-6-9-21(34)10-7-19)17-22(26)20-8-11-25(41-3)24(16-20)30(39)38-33(12-13-33)32-36-14-5-15-37-32/h5-11,14-18H,4,12-13H2,1-3H3,(H,35,40)(H,38,39). The number of benzene rings is 3. The smallest absolute Gasteiger partial charge is 0.255 e. The molecular formula is C33H29FN4O5. The number of amides is 2. The van der Waals surface area contributed by atoms with Crippen LogP contribution in [0.3, 0.4) is 0 Å². The molecule has 0 radical (unpaired) electrons. The number of fused-ring (bicyclic) bond motifs is 1. The Kier molecular flexibility index (Phi) is 7.27. The molecule has 0 bridgehead atoms. The monoisotopic (exact) mass is 580 g/mol. The lowest BCUT2D eigenvalue weighted by atomic mass is 9.97. The molecule has 1 saturated carbocycles. The predicted molar refractivity (Wildman–Crippen MR) is 159 cm³/mol. The quantitative estimate of drug-likeness (QED) is 0.224. The molecule has 1 fully saturated rings. The Morgan fingerprint density at radius 1 is 0.977 bits per heavy atom. The number of carbonyl (C=O) groups is 2. The summed E-state index contributed by atoms with van der Waals surface area (Å²) in [5, 5.41) is 6.33. The summed E-state index contributed by atoms with van der Waals surface area (Å²) >= 11 is 0. The van der Waals surface area contributed by atoms with Crippen LogP contribution in [0.2, 0.25) is 0 Å². The van der Waals surface area contributed by atoms with E-state index in [1.54, 1.807) is 48.8 Å². The van der Waals surface area contributed by atoms with Gasteiger partial charge in [0.2, 0.25) is 0 Å². The summed E-state index contributed by atoms with van der Waals surface area (Å²) in [6, 6.07) is 16.3. The van der Waals surface area contributed by atoms with Gasteiger partial charge in [-0.2, -0.15) is 0 Å². The second-order valence-corrected chi connectivity index (χ2v) is 10.2. The van der Waals surface area contributed by atoms with Crippen LogP contribution in [0.4, 0.5) is 4.39 Å². The molecule has 218 valence electrons. The lowest BCUT2D eigenvalue weighted by Crippen LogP contribution is -2.36. The predicted octanol–water partition coefficient (Wildman–Crippen LogP) is 5.88. The maximum absolute atomic E-state index is 13.7. The van der Waals surface area contributed by atoms with Gasteiger partial charge in [0.15, 0.2) is 5.82 Å². The first-order chi connectivity index (χ1) is 20.9. The topological polar surface area (TPSA) is 116 Å². The molecule has 9 nitrogen and oxygen atoms in total. The van der Waals surface area contributed by atoms with E-state index in [4.69, 9.17) is 13.9 Å². The molecule has 2 N–H and O–H groups in total. The van der Waals surface area contributed by atoms with Gasteiger partial charge in [-0.05, 0) is 73.9 Å². The van der Waals surface area contributed by atoms with Crippen molar-refractivity contribution in [2.75, 3.05) is 20.8 Å². The third-order valence-corrected chi connectivity index (χ3v) is 7.50. The van der Waals surface area contributed by atoms with Crippen molar-refractivity contribution < 1.29 is 27.9 Å². The Hall–Kier alpha value is -5.25. The average Bonchev–Trinajstić information content (AvgIpc) is 3.73. The molecule has 5 aromatic rings. The van der Waals surface area contributed by atoms with E-state index >= 15 is 0 Å².